The fraction of sp³-hybridized carbons (Fsp3) is 0.278. The molecule has 0 fully saturated rings. The fourth-order valence-corrected chi connectivity index (χ4v) is 2.10. The molecule has 0 atom stereocenters. The van der Waals surface area contributed by atoms with Crippen molar-refractivity contribution in [3.05, 3.63) is 60.2 Å². The number of hydrogen-bond donors (Lipinski definition) is 2. The largest absolute Gasteiger partial charge is 0.497 e. The maximum Gasteiger partial charge on any atom is 0.225 e. The molecule has 0 unspecified atom stereocenters. The van der Waals surface area contributed by atoms with Crippen LogP contribution >= 0.6 is 0 Å². The Labute approximate surface area is 131 Å². The Morgan fingerprint density at radius 2 is 1.73 bits per heavy atom. The van der Waals surface area contributed by atoms with Gasteiger partial charge in [0, 0.05) is 18.7 Å². The molecular formula is C18H22N2O2. The lowest BCUT2D eigenvalue weighted by molar-refractivity contribution is -0.116. The fourth-order valence-electron chi connectivity index (χ4n) is 2.10. The van der Waals surface area contributed by atoms with Crippen LogP contribution in [-0.4, -0.2) is 26.1 Å². The standard InChI is InChI=1S/C18H22N2O2/c1-22-17-9-7-16(8-10-17)20-18(21)12-14-19-13-11-15-5-3-2-4-6-15/h2-10,19H,11-14H2,1H3,(H,20,21). The Morgan fingerprint density at radius 1 is 1.00 bits per heavy atom. The van der Waals surface area contributed by atoms with Crippen molar-refractivity contribution >= 4 is 11.6 Å². The minimum atomic E-state index is 0.0115. The van der Waals surface area contributed by atoms with Crippen LogP contribution in [-0.2, 0) is 11.2 Å². The van der Waals surface area contributed by atoms with Gasteiger partial charge in [0.1, 0.15) is 5.75 Å². The van der Waals surface area contributed by atoms with E-state index in [2.05, 4.69) is 22.8 Å². The third kappa shape index (κ3) is 5.58. The minimum absolute atomic E-state index is 0.0115. The summed E-state index contributed by atoms with van der Waals surface area (Å²) in [5.41, 5.74) is 2.09. The number of carbonyl (C=O) groups excluding carboxylic acids is 1. The molecule has 0 aliphatic heterocycles. The maximum absolute atomic E-state index is 11.8. The van der Waals surface area contributed by atoms with E-state index in [0.29, 0.717) is 13.0 Å². The van der Waals surface area contributed by atoms with Crippen LogP contribution in [0.25, 0.3) is 0 Å². The van der Waals surface area contributed by atoms with Crippen LogP contribution < -0.4 is 15.4 Å². The molecule has 0 saturated heterocycles. The summed E-state index contributed by atoms with van der Waals surface area (Å²) in [5, 5.41) is 6.16. The van der Waals surface area contributed by atoms with Gasteiger partial charge in [-0.05, 0) is 42.8 Å². The summed E-state index contributed by atoms with van der Waals surface area (Å²) in [4.78, 5) is 11.8. The van der Waals surface area contributed by atoms with Crippen LogP contribution in [0.3, 0.4) is 0 Å². The molecule has 0 aliphatic rings. The van der Waals surface area contributed by atoms with Crippen molar-refractivity contribution in [1.82, 2.24) is 5.32 Å². The highest BCUT2D eigenvalue weighted by Gasteiger charge is 2.02. The molecule has 4 nitrogen and oxygen atoms in total. The van der Waals surface area contributed by atoms with Crippen LogP contribution in [0, 0.1) is 0 Å². The van der Waals surface area contributed by atoms with Gasteiger partial charge in [-0.2, -0.15) is 0 Å². The van der Waals surface area contributed by atoms with E-state index in [1.165, 1.54) is 5.56 Å². The molecule has 0 saturated carbocycles. The van der Waals surface area contributed by atoms with Crippen LogP contribution in [0.15, 0.2) is 54.6 Å². The number of hydrogen-bond acceptors (Lipinski definition) is 3. The topological polar surface area (TPSA) is 50.4 Å². The molecule has 0 heterocycles. The first kappa shape index (κ1) is 16.0. The molecule has 2 aromatic rings. The zero-order valence-electron chi connectivity index (χ0n) is 12.8. The second kappa shape index (κ2) is 8.85. The molecule has 22 heavy (non-hydrogen) atoms. The molecule has 2 aromatic carbocycles. The van der Waals surface area contributed by atoms with Crippen molar-refractivity contribution in [2.24, 2.45) is 0 Å². The van der Waals surface area contributed by atoms with E-state index in [1.807, 2.05) is 42.5 Å². The Kier molecular flexibility index (Phi) is 6.45. The van der Waals surface area contributed by atoms with Gasteiger partial charge in [-0.15, -0.1) is 0 Å². The van der Waals surface area contributed by atoms with Crippen LogP contribution in [0.5, 0.6) is 5.75 Å². The molecular weight excluding hydrogens is 276 g/mol. The van der Waals surface area contributed by atoms with Gasteiger partial charge in [-0.25, -0.2) is 0 Å². The highest BCUT2D eigenvalue weighted by molar-refractivity contribution is 5.90. The molecule has 0 spiro atoms. The van der Waals surface area contributed by atoms with E-state index in [1.54, 1.807) is 7.11 Å². The van der Waals surface area contributed by atoms with Crippen molar-refractivity contribution < 1.29 is 9.53 Å². The summed E-state index contributed by atoms with van der Waals surface area (Å²) >= 11 is 0. The zero-order chi connectivity index (χ0) is 15.6. The van der Waals surface area contributed by atoms with E-state index in [9.17, 15) is 4.79 Å². The lowest BCUT2D eigenvalue weighted by Gasteiger charge is -2.07. The highest BCUT2D eigenvalue weighted by atomic mass is 16.5. The third-order valence-corrected chi connectivity index (χ3v) is 3.34. The Hall–Kier alpha value is -2.33. The molecule has 4 heteroatoms. The zero-order valence-corrected chi connectivity index (χ0v) is 12.8. The van der Waals surface area contributed by atoms with Crippen molar-refractivity contribution in [3.63, 3.8) is 0 Å². The first-order valence-electron chi connectivity index (χ1n) is 7.46. The van der Waals surface area contributed by atoms with E-state index < -0.39 is 0 Å². The number of rotatable bonds is 8. The Bertz CT molecular complexity index is 567. The number of benzene rings is 2. The van der Waals surface area contributed by atoms with E-state index >= 15 is 0 Å². The normalized spacial score (nSPS) is 10.2. The van der Waals surface area contributed by atoms with Crippen molar-refractivity contribution in [3.8, 4) is 5.75 Å². The average Bonchev–Trinajstić information content (AvgIpc) is 2.56. The van der Waals surface area contributed by atoms with Gasteiger partial charge in [-0.3, -0.25) is 4.79 Å². The summed E-state index contributed by atoms with van der Waals surface area (Å²) in [6.45, 7) is 1.55. The lowest BCUT2D eigenvalue weighted by atomic mass is 10.1. The monoisotopic (exact) mass is 298 g/mol. The third-order valence-electron chi connectivity index (χ3n) is 3.34. The molecule has 116 valence electrons. The predicted molar refractivity (Wildman–Crippen MR) is 89.3 cm³/mol. The number of methoxy groups -OCH3 is 1. The maximum atomic E-state index is 11.8. The van der Waals surface area contributed by atoms with Gasteiger partial charge in [0.2, 0.25) is 5.91 Å². The molecule has 1 amide bonds. The van der Waals surface area contributed by atoms with E-state index in [0.717, 1.165) is 24.4 Å². The number of anilines is 1. The highest BCUT2D eigenvalue weighted by Crippen LogP contribution is 2.14. The van der Waals surface area contributed by atoms with Crippen molar-refractivity contribution in [2.75, 3.05) is 25.5 Å². The first-order valence-corrected chi connectivity index (χ1v) is 7.46. The molecule has 0 aromatic heterocycles. The summed E-state index contributed by atoms with van der Waals surface area (Å²) in [6, 6.07) is 17.6. The summed E-state index contributed by atoms with van der Waals surface area (Å²) in [7, 11) is 1.62. The smallest absolute Gasteiger partial charge is 0.225 e. The second-order valence-corrected chi connectivity index (χ2v) is 5.01. The van der Waals surface area contributed by atoms with Gasteiger partial charge in [-0.1, -0.05) is 30.3 Å². The van der Waals surface area contributed by atoms with Gasteiger partial charge < -0.3 is 15.4 Å². The van der Waals surface area contributed by atoms with Crippen molar-refractivity contribution in [2.45, 2.75) is 12.8 Å². The van der Waals surface area contributed by atoms with Gasteiger partial charge >= 0.3 is 0 Å². The number of ether oxygens (including phenoxy) is 1. The number of carbonyl (C=O) groups is 1. The van der Waals surface area contributed by atoms with Crippen LogP contribution in [0.4, 0.5) is 5.69 Å². The van der Waals surface area contributed by atoms with Crippen LogP contribution in [0.2, 0.25) is 0 Å². The molecule has 2 N–H and O–H groups in total. The minimum Gasteiger partial charge on any atom is -0.497 e. The lowest BCUT2D eigenvalue weighted by Crippen LogP contribution is -2.23. The summed E-state index contributed by atoms with van der Waals surface area (Å²) < 4.78 is 5.08. The average molecular weight is 298 g/mol. The molecule has 2 rings (SSSR count). The Morgan fingerprint density at radius 3 is 2.41 bits per heavy atom. The van der Waals surface area contributed by atoms with Gasteiger partial charge in [0.05, 0.1) is 7.11 Å². The van der Waals surface area contributed by atoms with E-state index in [-0.39, 0.29) is 5.91 Å². The van der Waals surface area contributed by atoms with Gasteiger partial charge in [0.15, 0.2) is 0 Å². The van der Waals surface area contributed by atoms with Gasteiger partial charge in [0.25, 0.3) is 0 Å². The SMILES string of the molecule is COc1ccc(NC(=O)CCNCCc2ccccc2)cc1. The molecule has 0 radical (unpaired) electrons. The predicted octanol–water partition coefficient (Wildman–Crippen LogP) is 2.86. The molecule has 0 bridgehead atoms. The van der Waals surface area contributed by atoms with E-state index in [4.69, 9.17) is 4.74 Å². The summed E-state index contributed by atoms with van der Waals surface area (Å²) in [5.74, 6) is 0.790. The quantitative estimate of drug-likeness (QED) is 0.737. The number of nitrogens with one attached hydrogen (secondary N) is 2. The van der Waals surface area contributed by atoms with Crippen molar-refractivity contribution in [1.29, 1.82) is 0 Å². The van der Waals surface area contributed by atoms with Crippen LogP contribution in [0.1, 0.15) is 12.0 Å². The second-order valence-electron chi connectivity index (χ2n) is 5.01. The molecule has 0 aliphatic carbocycles. The summed E-state index contributed by atoms with van der Waals surface area (Å²) in [6.07, 6.45) is 1.43. The first-order chi connectivity index (χ1) is 10.8. The Balaban J connectivity index is 1.61. The number of amides is 1.